The molecule has 6 aliphatic rings. The molecule has 3 saturated heterocycles. The summed E-state index contributed by atoms with van der Waals surface area (Å²) in [6.45, 7) is 8.17. The number of carbonyl (C=O) groups excluding carboxylic acids is 1. The molecule has 6 heterocycles. The van der Waals surface area contributed by atoms with Crippen molar-refractivity contribution in [3.05, 3.63) is 52.7 Å². The lowest BCUT2D eigenvalue weighted by Crippen LogP contribution is -2.63. The van der Waals surface area contributed by atoms with Gasteiger partial charge in [0.15, 0.2) is 5.83 Å². The third kappa shape index (κ3) is 5.11. The maximum atomic E-state index is 14.8. The van der Waals surface area contributed by atoms with Crippen LogP contribution in [0.4, 0.5) is 20.2 Å². The van der Waals surface area contributed by atoms with E-state index in [9.17, 15) is 18.8 Å². The molecular weight excluding hydrogens is 602 g/mol. The molecule has 9 nitrogen and oxygen atoms in total. The highest BCUT2D eigenvalue weighted by atomic mass is 19.1. The van der Waals surface area contributed by atoms with Gasteiger partial charge < -0.3 is 24.2 Å². The van der Waals surface area contributed by atoms with E-state index in [2.05, 4.69) is 27.3 Å². The van der Waals surface area contributed by atoms with E-state index in [4.69, 9.17) is 14.5 Å². The lowest BCUT2D eigenvalue weighted by Gasteiger charge is -2.50. The average Bonchev–Trinajstić information content (AvgIpc) is 3.67. The van der Waals surface area contributed by atoms with Crippen molar-refractivity contribution in [3.8, 4) is 17.7 Å². The summed E-state index contributed by atoms with van der Waals surface area (Å²) in [5.41, 5.74) is 5.99. The Balaban J connectivity index is 1.18. The normalized spacial score (nSPS) is 24.3. The quantitative estimate of drug-likeness (QED) is 0.413. The van der Waals surface area contributed by atoms with E-state index in [0.717, 1.165) is 91.9 Å². The summed E-state index contributed by atoms with van der Waals surface area (Å²) in [5, 5.41) is 9.66. The third-order valence-corrected chi connectivity index (χ3v) is 11.6. The number of aromatic nitrogens is 1. The number of benzene rings is 1. The minimum atomic E-state index is -1.02. The van der Waals surface area contributed by atoms with Gasteiger partial charge in [-0.2, -0.15) is 5.26 Å². The number of hydrogen-bond acceptors (Lipinski definition) is 8. The number of anilines is 2. The molecule has 1 amide bonds. The first-order valence-electron chi connectivity index (χ1n) is 17.3. The number of fused-ring (bicyclic) bond motifs is 7. The topological polar surface area (TPSA) is 85.2 Å². The van der Waals surface area contributed by atoms with Crippen molar-refractivity contribution in [2.24, 2.45) is 0 Å². The zero-order chi connectivity index (χ0) is 32.3. The van der Waals surface area contributed by atoms with Crippen LogP contribution >= 0.6 is 0 Å². The summed E-state index contributed by atoms with van der Waals surface area (Å²) in [4.78, 5) is 26.6. The first-order chi connectivity index (χ1) is 22.9. The number of nitriles is 1. The predicted octanol–water partition coefficient (Wildman–Crippen LogP) is 4.84. The number of hydrogen-bond donors (Lipinski definition) is 0. The largest absolute Gasteiger partial charge is 0.484 e. The molecular formula is C36H42F2N6O3. The molecule has 0 radical (unpaired) electrons. The van der Waals surface area contributed by atoms with E-state index >= 15 is 0 Å². The van der Waals surface area contributed by atoms with Crippen LogP contribution in [0.3, 0.4) is 0 Å². The number of nitrogens with zero attached hydrogens (tertiary/aromatic N) is 6. The van der Waals surface area contributed by atoms with Gasteiger partial charge in [0.05, 0.1) is 48.0 Å². The maximum absolute atomic E-state index is 14.8. The van der Waals surface area contributed by atoms with Crippen molar-refractivity contribution >= 4 is 17.3 Å². The van der Waals surface area contributed by atoms with Crippen molar-refractivity contribution in [2.45, 2.75) is 88.4 Å². The molecule has 47 heavy (non-hydrogen) atoms. The fourth-order valence-corrected chi connectivity index (χ4v) is 9.25. The highest BCUT2D eigenvalue weighted by molar-refractivity contribution is 5.91. The molecule has 2 atom stereocenters. The van der Waals surface area contributed by atoms with E-state index in [1.54, 1.807) is 6.07 Å². The van der Waals surface area contributed by atoms with Crippen LogP contribution in [-0.2, 0) is 30.6 Å². The molecule has 0 N–H and O–H groups in total. The van der Waals surface area contributed by atoms with Gasteiger partial charge in [-0.1, -0.05) is 6.58 Å². The molecule has 1 aromatic carbocycles. The molecule has 0 bridgehead atoms. The van der Waals surface area contributed by atoms with Crippen LogP contribution in [0.5, 0.6) is 11.6 Å². The van der Waals surface area contributed by atoms with E-state index < -0.39 is 17.8 Å². The third-order valence-electron chi connectivity index (χ3n) is 11.6. The SMILES string of the molecule is C=C(F)C(=O)N1CC2COc3c(OCC45CCCN4CCC5)nc4c(c3N2C[C@@H]1CC#N)CCN(c1ccc(F)c2c1CCCC2)C4. The van der Waals surface area contributed by atoms with Crippen molar-refractivity contribution in [2.75, 3.05) is 55.7 Å². The Kier molecular flexibility index (Phi) is 7.74. The van der Waals surface area contributed by atoms with Crippen LogP contribution in [0.25, 0.3) is 0 Å². The fraction of sp³-hybridized carbons (Fsp3) is 0.583. The molecule has 1 unspecified atom stereocenters. The number of amides is 1. The van der Waals surface area contributed by atoms with Gasteiger partial charge in [0.2, 0.25) is 5.75 Å². The number of piperazine rings is 1. The second kappa shape index (κ2) is 12.0. The number of carbonyl (C=O) groups is 1. The maximum Gasteiger partial charge on any atom is 0.282 e. The summed E-state index contributed by atoms with van der Waals surface area (Å²) >= 11 is 0. The Morgan fingerprint density at radius 1 is 1.09 bits per heavy atom. The van der Waals surface area contributed by atoms with Crippen LogP contribution in [0.2, 0.25) is 0 Å². The van der Waals surface area contributed by atoms with Crippen molar-refractivity contribution in [3.63, 3.8) is 0 Å². The van der Waals surface area contributed by atoms with Crippen molar-refractivity contribution in [1.29, 1.82) is 5.26 Å². The average molecular weight is 645 g/mol. The molecule has 248 valence electrons. The number of ether oxygens (including phenoxy) is 2. The molecule has 0 saturated carbocycles. The summed E-state index contributed by atoms with van der Waals surface area (Å²) in [6.07, 6.45) is 9.06. The highest BCUT2D eigenvalue weighted by Gasteiger charge is 2.47. The van der Waals surface area contributed by atoms with Gasteiger partial charge in [-0.3, -0.25) is 9.69 Å². The van der Waals surface area contributed by atoms with E-state index in [1.165, 1.54) is 17.7 Å². The number of pyridine rings is 1. The fourth-order valence-electron chi connectivity index (χ4n) is 9.25. The Labute approximate surface area is 274 Å². The van der Waals surface area contributed by atoms with Crippen molar-refractivity contribution < 1.29 is 23.0 Å². The summed E-state index contributed by atoms with van der Waals surface area (Å²) < 4.78 is 42.1. The first kappa shape index (κ1) is 30.4. The molecule has 0 spiro atoms. The Morgan fingerprint density at radius 3 is 2.64 bits per heavy atom. The van der Waals surface area contributed by atoms with Crippen LogP contribution in [0.15, 0.2) is 24.5 Å². The minimum absolute atomic E-state index is 0.0273. The highest BCUT2D eigenvalue weighted by Crippen LogP contribution is 2.49. The van der Waals surface area contributed by atoms with Crippen LogP contribution in [-0.4, -0.2) is 84.3 Å². The lowest BCUT2D eigenvalue weighted by atomic mass is 9.89. The van der Waals surface area contributed by atoms with Gasteiger partial charge in [-0.05, 0) is 94.1 Å². The standard InChI is InChI=1S/C36H42F2N6O3/c1-23(37)35(45)44-19-25-21-46-33-32(43(25)18-24(44)10-14-39)28-11-17-41(31-9-8-29(38)26-6-2-3-7-27(26)31)20-30(28)40-34(33)47-22-36-12-4-15-42(36)16-5-13-36/h8-9,24-25H,1-7,10-13,15-22H2/t24-,25?/m0/s1. The first-order valence-corrected chi connectivity index (χ1v) is 17.3. The van der Waals surface area contributed by atoms with Crippen LogP contribution in [0, 0.1) is 17.1 Å². The summed E-state index contributed by atoms with van der Waals surface area (Å²) in [5.74, 6) is -0.796. The second-order valence-electron chi connectivity index (χ2n) is 14.1. The zero-order valence-electron chi connectivity index (χ0n) is 26.9. The molecule has 1 aromatic heterocycles. The Morgan fingerprint density at radius 2 is 1.87 bits per heavy atom. The van der Waals surface area contributed by atoms with Crippen LogP contribution < -0.4 is 19.3 Å². The van der Waals surface area contributed by atoms with Gasteiger partial charge in [-0.15, -0.1) is 0 Å². The van der Waals surface area contributed by atoms with Crippen molar-refractivity contribution in [1.82, 2.24) is 14.8 Å². The number of halogens is 2. The predicted molar refractivity (Wildman–Crippen MR) is 173 cm³/mol. The lowest BCUT2D eigenvalue weighted by molar-refractivity contribution is -0.132. The molecule has 8 rings (SSSR count). The molecule has 2 aromatic rings. The Hall–Kier alpha value is -3.91. The minimum Gasteiger partial charge on any atom is -0.484 e. The van der Waals surface area contributed by atoms with E-state index in [1.807, 2.05) is 6.07 Å². The van der Waals surface area contributed by atoms with E-state index in [0.29, 0.717) is 37.7 Å². The van der Waals surface area contributed by atoms with Gasteiger partial charge in [0, 0.05) is 30.9 Å². The van der Waals surface area contributed by atoms with E-state index in [-0.39, 0.29) is 37.0 Å². The second-order valence-corrected chi connectivity index (χ2v) is 14.1. The smallest absolute Gasteiger partial charge is 0.282 e. The van der Waals surface area contributed by atoms with Gasteiger partial charge in [0.1, 0.15) is 19.0 Å². The van der Waals surface area contributed by atoms with Gasteiger partial charge in [0.25, 0.3) is 11.8 Å². The monoisotopic (exact) mass is 644 g/mol. The van der Waals surface area contributed by atoms with Gasteiger partial charge in [-0.25, -0.2) is 13.8 Å². The summed E-state index contributed by atoms with van der Waals surface area (Å²) in [7, 11) is 0. The zero-order valence-corrected chi connectivity index (χ0v) is 26.9. The molecule has 5 aliphatic heterocycles. The Bertz CT molecular complexity index is 1650. The molecule has 11 heteroatoms. The van der Waals surface area contributed by atoms with Gasteiger partial charge >= 0.3 is 0 Å². The van der Waals surface area contributed by atoms with Crippen LogP contribution in [0.1, 0.15) is 67.3 Å². The molecule has 1 aliphatic carbocycles. The summed E-state index contributed by atoms with van der Waals surface area (Å²) in [6, 6.07) is 5.02. The molecule has 3 fully saturated rings. The number of rotatable bonds is 6.